The first-order valence-electron chi connectivity index (χ1n) is 9.53. The van der Waals surface area contributed by atoms with Crippen LogP contribution in [-0.2, 0) is 37.0 Å². The lowest BCUT2D eigenvalue weighted by atomic mass is 10.1. The second kappa shape index (κ2) is 9.91. The summed E-state index contributed by atoms with van der Waals surface area (Å²) in [5, 5.41) is 2.43. The Labute approximate surface area is 176 Å². The lowest BCUT2D eigenvalue weighted by Crippen LogP contribution is -2.53. The fraction of sp³-hybridized carbons (Fsp3) is 0.348. The first-order chi connectivity index (χ1) is 14.1. The van der Waals surface area contributed by atoms with Gasteiger partial charge in [-0.2, -0.15) is 0 Å². The highest BCUT2D eigenvalue weighted by Gasteiger charge is 2.38. The molecule has 0 bridgehead atoms. The van der Waals surface area contributed by atoms with Crippen molar-refractivity contribution in [2.45, 2.75) is 52.0 Å². The Balaban J connectivity index is 1.85. The molecule has 7 nitrogen and oxygen atoms in total. The second-order valence-electron chi connectivity index (χ2n) is 7.77. The molecule has 160 valence electrons. The Kier molecular flexibility index (Phi) is 7.58. The number of alkyl carbamates (subject to hydrolysis) is 1. The summed E-state index contributed by atoms with van der Waals surface area (Å²) in [7, 11) is 0. The van der Waals surface area contributed by atoms with Crippen LogP contribution < -0.4 is 5.32 Å². The summed E-state index contributed by atoms with van der Waals surface area (Å²) in [5.74, 6) is -1.33. The van der Waals surface area contributed by atoms with Gasteiger partial charge in [-0.25, -0.2) is 14.4 Å². The largest absolute Gasteiger partial charge is 0.459 e. The molecule has 0 radical (unpaired) electrons. The molecule has 0 aliphatic carbocycles. The minimum Gasteiger partial charge on any atom is -0.459 e. The SMILES string of the molecule is CC(C)(NC(=O)OC(C)(C)C(=O)OCc1ccccc1)C(=O)OCc1ccccc1. The van der Waals surface area contributed by atoms with Gasteiger partial charge in [0.05, 0.1) is 0 Å². The fourth-order valence-electron chi connectivity index (χ4n) is 2.41. The minimum atomic E-state index is -1.54. The second-order valence-corrected chi connectivity index (χ2v) is 7.77. The molecule has 2 rings (SSSR count). The van der Waals surface area contributed by atoms with Gasteiger partial charge in [-0.15, -0.1) is 0 Å². The third kappa shape index (κ3) is 6.92. The standard InChI is InChI=1S/C23H27NO6/c1-22(2,19(25)28-15-17-11-7-5-8-12-17)24-21(27)30-23(3,4)20(26)29-16-18-13-9-6-10-14-18/h5-14H,15-16H2,1-4H3,(H,24,27). The number of amides is 1. The van der Waals surface area contributed by atoms with Gasteiger partial charge in [0.15, 0.2) is 0 Å². The van der Waals surface area contributed by atoms with Crippen molar-refractivity contribution in [1.82, 2.24) is 5.32 Å². The van der Waals surface area contributed by atoms with E-state index in [9.17, 15) is 14.4 Å². The summed E-state index contributed by atoms with van der Waals surface area (Å²) in [6, 6.07) is 18.3. The van der Waals surface area contributed by atoms with Crippen molar-refractivity contribution in [2.24, 2.45) is 0 Å². The van der Waals surface area contributed by atoms with Crippen LogP contribution >= 0.6 is 0 Å². The van der Waals surface area contributed by atoms with E-state index in [-0.39, 0.29) is 13.2 Å². The summed E-state index contributed by atoms with van der Waals surface area (Å²) in [5.41, 5.74) is -1.25. The molecule has 0 unspecified atom stereocenters. The lowest BCUT2D eigenvalue weighted by Gasteiger charge is -2.27. The molecule has 0 saturated heterocycles. The van der Waals surface area contributed by atoms with E-state index in [1.165, 1.54) is 27.7 Å². The Morgan fingerprint density at radius 3 is 1.63 bits per heavy atom. The van der Waals surface area contributed by atoms with Crippen LogP contribution in [0.2, 0.25) is 0 Å². The number of esters is 2. The molecule has 0 saturated carbocycles. The summed E-state index contributed by atoms with van der Waals surface area (Å²) < 4.78 is 15.7. The van der Waals surface area contributed by atoms with Crippen LogP contribution in [0.1, 0.15) is 38.8 Å². The number of carbonyl (C=O) groups is 3. The average Bonchev–Trinajstić information content (AvgIpc) is 2.70. The Morgan fingerprint density at radius 1 is 0.733 bits per heavy atom. The summed E-state index contributed by atoms with van der Waals surface area (Å²) >= 11 is 0. The molecule has 0 aliphatic rings. The summed E-state index contributed by atoms with van der Waals surface area (Å²) in [4.78, 5) is 36.9. The highest BCUT2D eigenvalue weighted by molar-refractivity contribution is 5.87. The van der Waals surface area contributed by atoms with Crippen LogP contribution in [0, 0.1) is 0 Å². The zero-order valence-electron chi connectivity index (χ0n) is 17.6. The fourth-order valence-corrected chi connectivity index (χ4v) is 2.41. The molecule has 0 heterocycles. The van der Waals surface area contributed by atoms with Crippen LogP contribution in [0.5, 0.6) is 0 Å². The highest BCUT2D eigenvalue weighted by atomic mass is 16.6. The molecule has 0 aliphatic heterocycles. The van der Waals surface area contributed by atoms with Gasteiger partial charge in [-0.1, -0.05) is 60.7 Å². The molecule has 0 atom stereocenters. The van der Waals surface area contributed by atoms with E-state index in [1.807, 2.05) is 60.7 Å². The van der Waals surface area contributed by atoms with E-state index in [0.717, 1.165) is 11.1 Å². The predicted octanol–water partition coefficient (Wildman–Crippen LogP) is 3.76. The molecular weight excluding hydrogens is 386 g/mol. The molecule has 0 aromatic heterocycles. The van der Waals surface area contributed by atoms with Crippen molar-refractivity contribution in [3.8, 4) is 0 Å². The number of rotatable bonds is 8. The molecule has 30 heavy (non-hydrogen) atoms. The maximum absolute atomic E-state index is 12.3. The van der Waals surface area contributed by atoms with Gasteiger partial charge in [0.1, 0.15) is 18.8 Å². The zero-order chi connectivity index (χ0) is 22.2. The first-order valence-corrected chi connectivity index (χ1v) is 9.53. The summed E-state index contributed by atoms with van der Waals surface area (Å²) in [6.45, 7) is 5.95. The van der Waals surface area contributed by atoms with Gasteiger partial charge >= 0.3 is 18.0 Å². The predicted molar refractivity (Wildman–Crippen MR) is 110 cm³/mol. The van der Waals surface area contributed by atoms with E-state index < -0.39 is 29.2 Å². The quantitative estimate of drug-likeness (QED) is 0.523. The maximum Gasteiger partial charge on any atom is 0.409 e. The van der Waals surface area contributed by atoms with Crippen LogP contribution in [0.15, 0.2) is 60.7 Å². The van der Waals surface area contributed by atoms with Crippen molar-refractivity contribution in [3.05, 3.63) is 71.8 Å². The van der Waals surface area contributed by atoms with Crippen molar-refractivity contribution in [2.75, 3.05) is 0 Å². The molecular formula is C23H27NO6. The minimum absolute atomic E-state index is 0.0609. The van der Waals surface area contributed by atoms with Gasteiger partial charge in [0.2, 0.25) is 5.60 Å². The zero-order valence-corrected chi connectivity index (χ0v) is 17.6. The van der Waals surface area contributed by atoms with Crippen molar-refractivity contribution < 1.29 is 28.6 Å². The van der Waals surface area contributed by atoms with Crippen molar-refractivity contribution in [3.63, 3.8) is 0 Å². The molecule has 0 spiro atoms. The van der Waals surface area contributed by atoms with E-state index in [1.54, 1.807) is 0 Å². The average molecular weight is 413 g/mol. The van der Waals surface area contributed by atoms with Gasteiger partial charge in [0.25, 0.3) is 0 Å². The van der Waals surface area contributed by atoms with Gasteiger partial charge in [-0.3, -0.25) is 0 Å². The number of carbonyl (C=O) groups excluding carboxylic acids is 3. The smallest absolute Gasteiger partial charge is 0.409 e. The molecule has 0 fully saturated rings. The molecule has 2 aromatic carbocycles. The molecule has 1 N–H and O–H groups in total. The van der Waals surface area contributed by atoms with Crippen molar-refractivity contribution in [1.29, 1.82) is 0 Å². The molecule has 2 aromatic rings. The van der Waals surface area contributed by atoms with E-state index in [2.05, 4.69) is 5.32 Å². The van der Waals surface area contributed by atoms with Gasteiger partial charge in [0, 0.05) is 0 Å². The van der Waals surface area contributed by atoms with E-state index in [0.29, 0.717) is 0 Å². The Morgan fingerprint density at radius 2 is 1.17 bits per heavy atom. The van der Waals surface area contributed by atoms with Gasteiger partial charge < -0.3 is 19.5 Å². The van der Waals surface area contributed by atoms with Crippen molar-refractivity contribution >= 4 is 18.0 Å². The van der Waals surface area contributed by atoms with Crippen LogP contribution in [0.25, 0.3) is 0 Å². The third-order valence-corrected chi connectivity index (χ3v) is 4.19. The Bertz CT molecular complexity index is 790. The number of ether oxygens (including phenoxy) is 3. The maximum atomic E-state index is 12.3. The first kappa shape index (κ1) is 22.9. The number of benzene rings is 2. The molecule has 7 heteroatoms. The number of hydrogen-bond donors (Lipinski definition) is 1. The Hall–Kier alpha value is -3.35. The van der Waals surface area contributed by atoms with Crippen LogP contribution in [0.3, 0.4) is 0 Å². The van der Waals surface area contributed by atoms with E-state index in [4.69, 9.17) is 14.2 Å². The lowest BCUT2D eigenvalue weighted by molar-refractivity contribution is -0.163. The van der Waals surface area contributed by atoms with Crippen LogP contribution in [-0.4, -0.2) is 29.2 Å². The summed E-state index contributed by atoms with van der Waals surface area (Å²) in [6.07, 6.45) is -0.932. The third-order valence-electron chi connectivity index (χ3n) is 4.19. The normalized spacial score (nSPS) is 11.3. The highest BCUT2D eigenvalue weighted by Crippen LogP contribution is 2.16. The van der Waals surface area contributed by atoms with Gasteiger partial charge in [-0.05, 0) is 38.8 Å². The van der Waals surface area contributed by atoms with E-state index >= 15 is 0 Å². The number of hydrogen-bond acceptors (Lipinski definition) is 6. The topological polar surface area (TPSA) is 90.9 Å². The number of nitrogens with one attached hydrogen (secondary N) is 1. The monoisotopic (exact) mass is 413 g/mol. The molecule has 1 amide bonds. The van der Waals surface area contributed by atoms with Crippen LogP contribution in [0.4, 0.5) is 4.79 Å².